The molecule has 10 nitrogen and oxygen atoms in total. The van der Waals surface area contributed by atoms with Crippen molar-refractivity contribution >= 4 is 29.8 Å². The highest BCUT2D eigenvalue weighted by Gasteiger charge is 2.46. The third-order valence-corrected chi connectivity index (χ3v) is 6.94. The van der Waals surface area contributed by atoms with Crippen LogP contribution < -0.4 is 16.0 Å². The van der Waals surface area contributed by atoms with Crippen LogP contribution in [0.25, 0.3) is 0 Å². The molecule has 1 aromatic rings. The summed E-state index contributed by atoms with van der Waals surface area (Å²) in [6.07, 6.45) is 4.79. The molecule has 4 rings (SSSR count). The minimum atomic E-state index is -1.04. The number of aryl methyl sites for hydroxylation is 1. The topological polar surface area (TPSA) is 145 Å². The van der Waals surface area contributed by atoms with Crippen molar-refractivity contribution in [3.05, 3.63) is 40.1 Å². The van der Waals surface area contributed by atoms with E-state index in [0.29, 0.717) is 43.6 Å². The number of hydrogen-bond donors (Lipinski definition) is 4. The molecule has 2 unspecified atom stereocenters. The highest BCUT2D eigenvalue weighted by atomic mass is 16.4. The normalized spacial score (nSPS) is 20.7. The second-order valence-corrected chi connectivity index (χ2v) is 9.28. The van der Waals surface area contributed by atoms with Crippen molar-refractivity contribution in [2.45, 2.75) is 76.4 Å². The monoisotopic (exact) mass is 482 g/mol. The molecule has 1 fully saturated rings. The maximum Gasteiger partial charge on any atom is 0.404 e. The number of unbranched alkanes of at least 4 members (excludes halogenated alkanes) is 2. The Bertz CT molecular complexity index is 1090. The number of allylic oxidation sites excluding steroid dienone is 1. The number of imide groups is 1. The van der Waals surface area contributed by atoms with E-state index in [2.05, 4.69) is 22.0 Å². The number of piperidine rings is 1. The van der Waals surface area contributed by atoms with Crippen LogP contribution in [0.4, 0.5) is 4.79 Å². The maximum absolute atomic E-state index is 13.4. The summed E-state index contributed by atoms with van der Waals surface area (Å²) >= 11 is 0. The van der Waals surface area contributed by atoms with Crippen LogP contribution in [0.5, 0.6) is 0 Å². The van der Waals surface area contributed by atoms with E-state index in [1.807, 2.05) is 12.0 Å². The van der Waals surface area contributed by atoms with E-state index in [-0.39, 0.29) is 24.3 Å². The van der Waals surface area contributed by atoms with E-state index in [0.717, 1.165) is 48.8 Å². The number of rotatable bonds is 10. The van der Waals surface area contributed by atoms with Crippen molar-refractivity contribution in [3.8, 4) is 0 Å². The fourth-order valence-electron chi connectivity index (χ4n) is 5.34. The van der Waals surface area contributed by atoms with Gasteiger partial charge in [0, 0.05) is 25.1 Å². The van der Waals surface area contributed by atoms with Crippen molar-refractivity contribution in [2.24, 2.45) is 0 Å². The van der Waals surface area contributed by atoms with Crippen molar-refractivity contribution in [1.82, 2.24) is 20.9 Å². The highest BCUT2D eigenvalue weighted by Crippen LogP contribution is 2.45. The first kappa shape index (κ1) is 24.5. The fraction of sp³-hybridized carbons (Fsp3) is 0.520. The van der Waals surface area contributed by atoms with E-state index < -0.39 is 18.0 Å². The van der Waals surface area contributed by atoms with Gasteiger partial charge in [-0.3, -0.25) is 19.7 Å². The molecular weight excluding hydrogens is 452 g/mol. The summed E-state index contributed by atoms with van der Waals surface area (Å²) in [6, 6.07) is 3.13. The van der Waals surface area contributed by atoms with Crippen molar-refractivity contribution in [3.63, 3.8) is 0 Å². The van der Waals surface area contributed by atoms with Crippen LogP contribution in [0.1, 0.15) is 84.5 Å². The molecule has 4 amide bonds. The molecular formula is C25H30N4O6. The summed E-state index contributed by atoms with van der Waals surface area (Å²) in [4.78, 5) is 61.0. The van der Waals surface area contributed by atoms with Gasteiger partial charge in [0.2, 0.25) is 11.8 Å². The lowest BCUT2D eigenvalue weighted by molar-refractivity contribution is -0.137. The highest BCUT2D eigenvalue weighted by molar-refractivity contribution is 6.06. The Balaban J connectivity index is 1.40. The van der Waals surface area contributed by atoms with Gasteiger partial charge in [0.05, 0.1) is 11.7 Å². The molecule has 4 N–H and O–H groups in total. The summed E-state index contributed by atoms with van der Waals surface area (Å²) in [5.74, 6) is 1.06. The SMILES string of the molecule is O=C=C(CCCCCNC(=O)O)NCc1cc2c3c(c1)C(=O)N(C1CCC(=O)NC1=O)C3CCC2. The lowest BCUT2D eigenvalue weighted by Crippen LogP contribution is -2.53. The Kier molecular flexibility index (Phi) is 7.51. The molecule has 10 heteroatoms. The van der Waals surface area contributed by atoms with Gasteiger partial charge in [-0.05, 0) is 67.7 Å². The summed E-state index contributed by atoms with van der Waals surface area (Å²) in [5, 5.41) is 16.4. The Hall–Kier alpha value is -3.65. The first-order valence-electron chi connectivity index (χ1n) is 12.2. The van der Waals surface area contributed by atoms with Gasteiger partial charge < -0.3 is 20.6 Å². The largest absolute Gasteiger partial charge is 0.465 e. The molecule has 186 valence electrons. The minimum absolute atomic E-state index is 0.145. The molecule has 0 saturated carbocycles. The van der Waals surface area contributed by atoms with Crippen molar-refractivity contribution in [2.75, 3.05) is 6.54 Å². The molecule has 0 bridgehead atoms. The van der Waals surface area contributed by atoms with Crippen LogP contribution in [0.2, 0.25) is 0 Å². The van der Waals surface area contributed by atoms with Gasteiger partial charge in [0.25, 0.3) is 5.91 Å². The smallest absolute Gasteiger partial charge is 0.404 e. The standard InChI is InChI=1S/C25H30N4O6/c30-14-17(6-2-1-3-10-26-25(34)35)27-13-15-11-16-5-4-7-19-22(16)18(12-15)24(33)29(19)20-8-9-21(31)28-23(20)32/h11-12,19-20,26-27H,1-10,13H2,(H,34,35)(H,28,31,32). The van der Waals surface area contributed by atoms with Gasteiger partial charge in [0.1, 0.15) is 12.0 Å². The summed E-state index contributed by atoms with van der Waals surface area (Å²) in [7, 11) is 0. The zero-order valence-corrected chi connectivity index (χ0v) is 19.5. The number of hydrogen-bond acceptors (Lipinski definition) is 6. The third kappa shape index (κ3) is 5.38. The molecule has 2 aliphatic heterocycles. The average Bonchev–Trinajstić information content (AvgIpc) is 3.11. The molecule has 2 heterocycles. The van der Waals surface area contributed by atoms with Gasteiger partial charge in [-0.25, -0.2) is 9.59 Å². The lowest BCUT2D eigenvalue weighted by atomic mass is 9.85. The second-order valence-electron chi connectivity index (χ2n) is 9.28. The third-order valence-electron chi connectivity index (χ3n) is 6.94. The summed E-state index contributed by atoms with van der Waals surface area (Å²) in [6.45, 7) is 0.757. The Labute approximate surface area is 203 Å². The Morgan fingerprint density at radius 3 is 2.66 bits per heavy atom. The van der Waals surface area contributed by atoms with Gasteiger partial charge in [-0.1, -0.05) is 12.5 Å². The number of amides is 4. The first-order valence-corrected chi connectivity index (χ1v) is 12.2. The molecule has 0 spiro atoms. The fourth-order valence-corrected chi connectivity index (χ4v) is 5.34. The van der Waals surface area contributed by atoms with Gasteiger partial charge >= 0.3 is 6.09 Å². The predicted octanol–water partition coefficient (Wildman–Crippen LogP) is 1.96. The molecule has 0 radical (unpaired) electrons. The number of carbonyl (C=O) groups is 4. The Morgan fingerprint density at radius 1 is 1.09 bits per heavy atom. The maximum atomic E-state index is 13.4. The van der Waals surface area contributed by atoms with E-state index in [1.165, 1.54) is 0 Å². The van der Waals surface area contributed by atoms with E-state index in [9.17, 15) is 24.0 Å². The van der Waals surface area contributed by atoms with Gasteiger partial charge in [0.15, 0.2) is 0 Å². The minimum Gasteiger partial charge on any atom is -0.465 e. The van der Waals surface area contributed by atoms with Crippen LogP contribution in [0, 0.1) is 0 Å². The summed E-state index contributed by atoms with van der Waals surface area (Å²) in [5.41, 5.74) is 4.03. The first-order chi connectivity index (χ1) is 16.9. The van der Waals surface area contributed by atoms with Gasteiger partial charge in [-0.2, -0.15) is 0 Å². The molecule has 35 heavy (non-hydrogen) atoms. The number of carbonyl (C=O) groups excluding carboxylic acids is 4. The van der Waals surface area contributed by atoms with Crippen molar-refractivity contribution < 1.29 is 29.1 Å². The lowest BCUT2D eigenvalue weighted by Gasteiger charge is -2.36. The molecule has 1 aliphatic carbocycles. The molecule has 2 atom stereocenters. The number of carboxylic acid groups (broad SMARTS) is 1. The number of nitrogens with zero attached hydrogens (tertiary/aromatic N) is 1. The molecule has 0 aromatic heterocycles. The quantitative estimate of drug-likeness (QED) is 0.227. The second kappa shape index (κ2) is 10.7. The summed E-state index contributed by atoms with van der Waals surface area (Å²) < 4.78 is 0. The van der Waals surface area contributed by atoms with Crippen LogP contribution in [-0.4, -0.2) is 52.3 Å². The van der Waals surface area contributed by atoms with Crippen molar-refractivity contribution in [1.29, 1.82) is 0 Å². The van der Waals surface area contributed by atoms with E-state index >= 15 is 0 Å². The van der Waals surface area contributed by atoms with Gasteiger partial charge in [-0.15, -0.1) is 0 Å². The molecule has 1 saturated heterocycles. The van der Waals surface area contributed by atoms with E-state index in [1.54, 1.807) is 4.90 Å². The zero-order chi connectivity index (χ0) is 24.9. The predicted molar refractivity (Wildman–Crippen MR) is 125 cm³/mol. The van der Waals surface area contributed by atoms with Crippen LogP contribution in [0.3, 0.4) is 0 Å². The number of nitrogens with one attached hydrogen (secondary N) is 3. The zero-order valence-electron chi connectivity index (χ0n) is 19.5. The van der Waals surface area contributed by atoms with Crippen LogP contribution in [-0.2, 0) is 27.3 Å². The molecule has 3 aliphatic rings. The van der Waals surface area contributed by atoms with E-state index in [4.69, 9.17) is 5.11 Å². The average molecular weight is 483 g/mol. The van der Waals surface area contributed by atoms with Crippen LogP contribution >= 0.6 is 0 Å². The van der Waals surface area contributed by atoms with Crippen LogP contribution in [0.15, 0.2) is 17.8 Å². The molecule has 1 aromatic carbocycles. The number of benzene rings is 1. The Morgan fingerprint density at radius 2 is 1.91 bits per heavy atom.